The molecule has 0 radical (unpaired) electrons. The zero-order valence-corrected chi connectivity index (χ0v) is 11.0. The molecule has 1 aliphatic rings. The lowest BCUT2D eigenvalue weighted by Gasteiger charge is -2.22. The fourth-order valence-electron chi connectivity index (χ4n) is 2.67. The summed E-state index contributed by atoms with van der Waals surface area (Å²) in [6.45, 7) is 5.04. The van der Waals surface area contributed by atoms with Crippen LogP contribution >= 0.6 is 0 Å². The largest absolute Gasteiger partial charge is 0.395 e. The minimum Gasteiger partial charge on any atom is -0.395 e. The molecule has 0 aliphatic carbocycles. The number of aliphatic hydroxyl groups excluding tert-OH is 1. The van der Waals surface area contributed by atoms with Crippen molar-refractivity contribution in [3.8, 4) is 0 Å². The molecule has 0 aromatic heterocycles. The fraction of sp³-hybridized carbons (Fsp3) is 1.00. The Morgan fingerprint density at radius 1 is 1.06 bits per heavy atom. The Morgan fingerprint density at radius 2 is 1.75 bits per heavy atom. The molecule has 0 saturated carbocycles. The van der Waals surface area contributed by atoms with Gasteiger partial charge in [-0.05, 0) is 32.4 Å². The monoisotopic (exact) mass is 227 g/mol. The third kappa shape index (κ3) is 5.31. The van der Waals surface area contributed by atoms with Crippen LogP contribution in [0.1, 0.15) is 64.7 Å². The van der Waals surface area contributed by atoms with Crippen LogP contribution in [0.4, 0.5) is 0 Å². The Bertz CT molecular complexity index is 161. The van der Waals surface area contributed by atoms with E-state index in [1.807, 2.05) is 0 Å². The quantitative estimate of drug-likeness (QED) is 0.611. The first-order chi connectivity index (χ1) is 7.88. The van der Waals surface area contributed by atoms with Crippen LogP contribution in [0.2, 0.25) is 0 Å². The van der Waals surface area contributed by atoms with Crippen molar-refractivity contribution < 1.29 is 5.11 Å². The van der Waals surface area contributed by atoms with Gasteiger partial charge in [-0.1, -0.05) is 45.4 Å². The van der Waals surface area contributed by atoms with Gasteiger partial charge in [-0.2, -0.15) is 0 Å². The first kappa shape index (κ1) is 14.0. The number of unbranched alkanes of at least 4 members (excludes halogenated alkanes) is 6. The predicted molar refractivity (Wildman–Crippen MR) is 69.7 cm³/mol. The van der Waals surface area contributed by atoms with Crippen molar-refractivity contribution in [1.82, 2.24) is 4.90 Å². The highest BCUT2D eigenvalue weighted by Gasteiger charge is 2.22. The normalized spacial score (nSPS) is 21.8. The summed E-state index contributed by atoms with van der Waals surface area (Å²) in [5.41, 5.74) is 0. The van der Waals surface area contributed by atoms with Gasteiger partial charge < -0.3 is 5.11 Å². The highest BCUT2D eigenvalue weighted by Crippen LogP contribution is 2.17. The number of hydrogen-bond donors (Lipinski definition) is 1. The number of hydrogen-bond acceptors (Lipinski definition) is 2. The van der Waals surface area contributed by atoms with Gasteiger partial charge >= 0.3 is 0 Å². The van der Waals surface area contributed by atoms with E-state index in [9.17, 15) is 5.11 Å². The van der Waals surface area contributed by atoms with Crippen molar-refractivity contribution in [3.63, 3.8) is 0 Å². The molecule has 1 heterocycles. The molecule has 0 aromatic carbocycles. The zero-order valence-electron chi connectivity index (χ0n) is 11.0. The molecule has 1 aliphatic heterocycles. The van der Waals surface area contributed by atoms with Gasteiger partial charge in [0.2, 0.25) is 0 Å². The van der Waals surface area contributed by atoms with Gasteiger partial charge in [-0.3, -0.25) is 4.90 Å². The number of rotatable bonds is 9. The summed E-state index contributed by atoms with van der Waals surface area (Å²) >= 11 is 0. The van der Waals surface area contributed by atoms with Crippen LogP contribution in [-0.4, -0.2) is 35.7 Å². The lowest BCUT2D eigenvalue weighted by Crippen LogP contribution is -2.32. The lowest BCUT2D eigenvalue weighted by atomic mass is 10.1. The van der Waals surface area contributed by atoms with Crippen LogP contribution in [0.3, 0.4) is 0 Å². The van der Waals surface area contributed by atoms with Crippen molar-refractivity contribution in [3.05, 3.63) is 0 Å². The second-order valence-corrected chi connectivity index (χ2v) is 5.14. The molecule has 0 spiro atoms. The summed E-state index contributed by atoms with van der Waals surface area (Å²) in [6.07, 6.45) is 12.1. The smallest absolute Gasteiger partial charge is 0.0586 e. The molecular formula is C14H29NO. The van der Waals surface area contributed by atoms with Crippen molar-refractivity contribution in [2.24, 2.45) is 0 Å². The van der Waals surface area contributed by atoms with E-state index in [2.05, 4.69) is 11.8 Å². The maximum absolute atomic E-state index is 9.19. The van der Waals surface area contributed by atoms with E-state index < -0.39 is 0 Å². The van der Waals surface area contributed by atoms with Crippen LogP contribution in [0.5, 0.6) is 0 Å². The molecule has 96 valence electrons. The van der Waals surface area contributed by atoms with Gasteiger partial charge in [-0.15, -0.1) is 0 Å². The Hall–Kier alpha value is -0.0800. The third-order valence-corrected chi connectivity index (χ3v) is 3.76. The van der Waals surface area contributed by atoms with E-state index in [1.54, 1.807) is 0 Å². The molecule has 1 saturated heterocycles. The van der Waals surface area contributed by atoms with Crippen LogP contribution in [0, 0.1) is 0 Å². The maximum atomic E-state index is 9.19. The van der Waals surface area contributed by atoms with Gasteiger partial charge in [0.1, 0.15) is 0 Å². The van der Waals surface area contributed by atoms with Crippen molar-refractivity contribution in [2.45, 2.75) is 70.8 Å². The molecule has 1 fully saturated rings. The highest BCUT2D eigenvalue weighted by atomic mass is 16.3. The summed E-state index contributed by atoms with van der Waals surface area (Å²) < 4.78 is 0. The van der Waals surface area contributed by atoms with Crippen LogP contribution in [0.15, 0.2) is 0 Å². The first-order valence-corrected chi connectivity index (χ1v) is 7.23. The minimum absolute atomic E-state index is 0.358. The number of likely N-dealkylation sites (tertiary alicyclic amines) is 1. The number of nitrogens with zero attached hydrogens (tertiary/aromatic N) is 1. The average molecular weight is 227 g/mol. The Balaban J connectivity index is 1.90. The SMILES string of the molecule is CCCCCCCCCN1CCC[C@H]1CO. The molecule has 0 amide bonds. The van der Waals surface area contributed by atoms with Gasteiger partial charge in [0, 0.05) is 6.04 Å². The van der Waals surface area contributed by atoms with Gasteiger partial charge in [0.25, 0.3) is 0 Å². The van der Waals surface area contributed by atoms with E-state index in [0.717, 1.165) is 0 Å². The molecule has 0 bridgehead atoms. The summed E-state index contributed by atoms with van der Waals surface area (Å²) in [5.74, 6) is 0. The van der Waals surface area contributed by atoms with Crippen LogP contribution in [0.25, 0.3) is 0 Å². The Kier molecular flexibility index (Phi) is 7.87. The predicted octanol–water partition coefficient (Wildman–Crippen LogP) is 3.19. The summed E-state index contributed by atoms with van der Waals surface area (Å²) in [5, 5.41) is 9.19. The van der Waals surface area contributed by atoms with E-state index in [0.29, 0.717) is 12.6 Å². The molecule has 1 N–H and O–H groups in total. The molecule has 1 rings (SSSR count). The molecule has 16 heavy (non-hydrogen) atoms. The molecule has 2 heteroatoms. The van der Waals surface area contributed by atoms with Gasteiger partial charge in [-0.25, -0.2) is 0 Å². The topological polar surface area (TPSA) is 23.5 Å². The second-order valence-electron chi connectivity index (χ2n) is 5.14. The molecule has 1 atom stereocenters. The average Bonchev–Trinajstić information content (AvgIpc) is 2.75. The highest BCUT2D eigenvalue weighted by molar-refractivity contribution is 4.77. The summed E-state index contributed by atoms with van der Waals surface area (Å²) in [7, 11) is 0. The summed E-state index contributed by atoms with van der Waals surface area (Å²) in [6, 6.07) is 0.472. The van der Waals surface area contributed by atoms with Crippen LogP contribution in [-0.2, 0) is 0 Å². The molecule has 0 aromatic rings. The molecule has 0 unspecified atom stereocenters. The number of aliphatic hydroxyl groups is 1. The zero-order chi connectivity index (χ0) is 11.6. The third-order valence-electron chi connectivity index (χ3n) is 3.76. The Morgan fingerprint density at radius 3 is 2.44 bits per heavy atom. The summed E-state index contributed by atoms with van der Waals surface area (Å²) in [4.78, 5) is 2.48. The van der Waals surface area contributed by atoms with Gasteiger partial charge in [0.15, 0.2) is 0 Å². The van der Waals surface area contributed by atoms with E-state index in [-0.39, 0.29) is 0 Å². The maximum Gasteiger partial charge on any atom is 0.0586 e. The van der Waals surface area contributed by atoms with Crippen molar-refractivity contribution in [2.75, 3.05) is 19.7 Å². The van der Waals surface area contributed by atoms with Crippen molar-refractivity contribution >= 4 is 0 Å². The Labute approximate surface area is 101 Å². The van der Waals surface area contributed by atoms with E-state index >= 15 is 0 Å². The molecule has 2 nitrogen and oxygen atoms in total. The first-order valence-electron chi connectivity index (χ1n) is 7.23. The van der Waals surface area contributed by atoms with Crippen LogP contribution < -0.4 is 0 Å². The second kappa shape index (κ2) is 9.00. The van der Waals surface area contributed by atoms with E-state index in [4.69, 9.17) is 0 Å². The lowest BCUT2D eigenvalue weighted by molar-refractivity contribution is 0.157. The standard InChI is InChI=1S/C14H29NO/c1-2-3-4-5-6-7-8-11-15-12-9-10-14(15)13-16/h14,16H,2-13H2,1H3/t14-/m0/s1. The molecular weight excluding hydrogens is 198 g/mol. The minimum atomic E-state index is 0.358. The van der Waals surface area contributed by atoms with Crippen molar-refractivity contribution in [1.29, 1.82) is 0 Å². The fourth-order valence-corrected chi connectivity index (χ4v) is 2.67. The van der Waals surface area contributed by atoms with Gasteiger partial charge in [0.05, 0.1) is 6.61 Å². The van der Waals surface area contributed by atoms with E-state index in [1.165, 1.54) is 70.9 Å².